The first-order valence-electron chi connectivity index (χ1n) is 6.95. The van der Waals surface area contributed by atoms with E-state index in [4.69, 9.17) is 0 Å². The number of halogens is 3. The van der Waals surface area contributed by atoms with Crippen LogP contribution in [0.25, 0.3) is 0 Å². The van der Waals surface area contributed by atoms with Crippen molar-refractivity contribution in [2.75, 3.05) is 6.54 Å². The lowest BCUT2D eigenvalue weighted by Gasteiger charge is -2.43. The summed E-state index contributed by atoms with van der Waals surface area (Å²) in [5.41, 5.74) is -0.859. The summed E-state index contributed by atoms with van der Waals surface area (Å²) in [4.78, 5) is 25.8. The molecule has 1 saturated carbocycles. The maximum Gasteiger partial charge on any atom is 0.389 e. The molecule has 4 nitrogen and oxygen atoms in total. The minimum atomic E-state index is -4.23. The maximum atomic E-state index is 12.5. The highest BCUT2D eigenvalue weighted by atomic mass is 19.4. The average molecular weight is 292 g/mol. The van der Waals surface area contributed by atoms with Gasteiger partial charge in [-0.1, -0.05) is 12.8 Å². The second kappa shape index (κ2) is 5.26. The molecule has 0 radical (unpaired) electrons. The van der Waals surface area contributed by atoms with Crippen LogP contribution in [0.1, 0.15) is 45.4 Å². The Bertz CT molecular complexity index is 403. The van der Waals surface area contributed by atoms with Crippen LogP contribution in [0.3, 0.4) is 0 Å². The molecule has 1 N–H and O–H groups in total. The van der Waals surface area contributed by atoms with E-state index >= 15 is 0 Å². The van der Waals surface area contributed by atoms with Gasteiger partial charge in [-0.2, -0.15) is 13.2 Å². The number of nitrogens with one attached hydrogen (secondary N) is 1. The Labute approximate surface area is 115 Å². The summed E-state index contributed by atoms with van der Waals surface area (Å²) in [6, 6.07) is -0.693. The first-order chi connectivity index (χ1) is 9.25. The van der Waals surface area contributed by atoms with Crippen LogP contribution in [0.15, 0.2) is 0 Å². The quantitative estimate of drug-likeness (QED) is 0.865. The summed E-state index contributed by atoms with van der Waals surface area (Å²) in [5, 5.41) is 2.78. The van der Waals surface area contributed by atoms with Gasteiger partial charge in [-0.3, -0.25) is 9.59 Å². The van der Waals surface area contributed by atoms with Crippen LogP contribution < -0.4 is 5.32 Å². The van der Waals surface area contributed by atoms with Gasteiger partial charge in [0.1, 0.15) is 11.6 Å². The van der Waals surface area contributed by atoms with Crippen LogP contribution >= 0.6 is 0 Å². The first kappa shape index (κ1) is 15.1. The summed E-state index contributed by atoms with van der Waals surface area (Å²) in [7, 11) is 0. The van der Waals surface area contributed by atoms with Crippen LogP contribution in [0.2, 0.25) is 0 Å². The highest BCUT2D eigenvalue weighted by molar-refractivity contribution is 5.99. The van der Waals surface area contributed by atoms with Crippen LogP contribution in [0, 0.1) is 0 Å². The van der Waals surface area contributed by atoms with Gasteiger partial charge in [0, 0.05) is 13.0 Å². The molecule has 1 aliphatic heterocycles. The summed E-state index contributed by atoms with van der Waals surface area (Å²) in [6.45, 7) is 1.54. The van der Waals surface area contributed by atoms with Crippen molar-refractivity contribution in [2.24, 2.45) is 0 Å². The maximum absolute atomic E-state index is 12.5. The Morgan fingerprint density at radius 3 is 2.45 bits per heavy atom. The predicted octanol–water partition coefficient (Wildman–Crippen LogP) is 1.99. The first-order valence-corrected chi connectivity index (χ1v) is 6.95. The van der Waals surface area contributed by atoms with Crippen molar-refractivity contribution in [1.82, 2.24) is 10.2 Å². The highest BCUT2D eigenvalue weighted by Crippen LogP contribution is 2.35. The second-order valence-electron chi connectivity index (χ2n) is 5.67. The number of nitrogens with zero attached hydrogens (tertiary/aromatic N) is 1. The fourth-order valence-corrected chi connectivity index (χ4v) is 3.05. The number of rotatable bonds is 3. The van der Waals surface area contributed by atoms with Crippen molar-refractivity contribution in [3.8, 4) is 0 Å². The molecule has 2 fully saturated rings. The molecule has 1 atom stereocenters. The third kappa shape index (κ3) is 2.91. The molecule has 1 saturated heterocycles. The summed E-state index contributed by atoms with van der Waals surface area (Å²) < 4.78 is 36.6. The SMILES string of the molecule is CC1C(=O)NC2(CCCC2)C(=O)N1CCCC(F)(F)F. The molecular formula is C13H19F3N2O2. The molecule has 2 rings (SSSR count). The monoisotopic (exact) mass is 292 g/mol. The molecule has 114 valence electrons. The van der Waals surface area contributed by atoms with E-state index in [0.29, 0.717) is 12.8 Å². The van der Waals surface area contributed by atoms with Crippen molar-refractivity contribution in [3.05, 3.63) is 0 Å². The van der Waals surface area contributed by atoms with E-state index in [0.717, 1.165) is 12.8 Å². The number of carbonyl (C=O) groups is 2. The van der Waals surface area contributed by atoms with E-state index in [2.05, 4.69) is 5.32 Å². The molecule has 0 bridgehead atoms. The van der Waals surface area contributed by atoms with Crippen LogP contribution in [0.4, 0.5) is 13.2 Å². The van der Waals surface area contributed by atoms with Gasteiger partial charge < -0.3 is 10.2 Å². The Balaban J connectivity index is 2.05. The molecule has 1 heterocycles. The van der Waals surface area contributed by atoms with Gasteiger partial charge in [0.2, 0.25) is 11.8 Å². The van der Waals surface area contributed by atoms with Gasteiger partial charge >= 0.3 is 6.18 Å². The number of piperazine rings is 1. The van der Waals surface area contributed by atoms with E-state index in [1.807, 2.05) is 0 Å². The molecule has 2 amide bonds. The molecule has 1 aliphatic carbocycles. The number of hydrogen-bond acceptors (Lipinski definition) is 2. The standard InChI is InChI=1S/C13H19F3N2O2/c1-9-10(19)17-12(5-2-3-6-12)11(20)18(9)8-4-7-13(14,15)16/h9H,2-8H2,1H3,(H,17,19). The molecule has 0 aromatic rings. The fourth-order valence-electron chi connectivity index (χ4n) is 3.05. The molecule has 7 heteroatoms. The number of amides is 2. The van der Waals surface area contributed by atoms with Gasteiger partial charge in [0.25, 0.3) is 0 Å². The molecular weight excluding hydrogens is 273 g/mol. The normalized spacial score (nSPS) is 26.2. The number of hydrogen-bond donors (Lipinski definition) is 1. The molecule has 2 aliphatic rings. The lowest BCUT2D eigenvalue weighted by Crippen LogP contribution is -2.68. The van der Waals surface area contributed by atoms with Crippen molar-refractivity contribution in [2.45, 2.75) is 63.2 Å². The minimum absolute atomic E-state index is 0.0192. The Hall–Kier alpha value is -1.27. The number of carbonyl (C=O) groups excluding carboxylic acids is 2. The third-order valence-corrected chi connectivity index (χ3v) is 4.20. The van der Waals surface area contributed by atoms with Crippen LogP contribution in [-0.4, -0.2) is 41.0 Å². The van der Waals surface area contributed by atoms with Crippen molar-refractivity contribution in [1.29, 1.82) is 0 Å². The molecule has 20 heavy (non-hydrogen) atoms. The van der Waals surface area contributed by atoms with E-state index < -0.39 is 24.2 Å². The van der Waals surface area contributed by atoms with Crippen molar-refractivity contribution < 1.29 is 22.8 Å². The Morgan fingerprint density at radius 2 is 1.90 bits per heavy atom. The molecule has 0 aromatic heterocycles. The van der Waals surface area contributed by atoms with Crippen LogP contribution in [-0.2, 0) is 9.59 Å². The smallest absolute Gasteiger partial charge is 0.340 e. The predicted molar refractivity (Wildman–Crippen MR) is 65.8 cm³/mol. The molecule has 0 aromatic carbocycles. The third-order valence-electron chi connectivity index (χ3n) is 4.20. The van der Waals surface area contributed by atoms with E-state index in [1.165, 1.54) is 4.90 Å². The zero-order valence-corrected chi connectivity index (χ0v) is 11.4. The van der Waals surface area contributed by atoms with Gasteiger partial charge in [0.05, 0.1) is 0 Å². The average Bonchev–Trinajstić information content (AvgIpc) is 2.79. The second-order valence-corrected chi connectivity index (χ2v) is 5.67. The van der Waals surface area contributed by atoms with Gasteiger partial charge in [-0.25, -0.2) is 0 Å². The van der Waals surface area contributed by atoms with Gasteiger partial charge in [0.15, 0.2) is 0 Å². The molecule has 1 spiro atoms. The highest BCUT2D eigenvalue weighted by Gasteiger charge is 2.50. The lowest BCUT2D eigenvalue weighted by atomic mass is 9.91. The topological polar surface area (TPSA) is 49.4 Å². The zero-order chi connectivity index (χ0) is 15.0. The summed E-state index contributed by atoms with van der Waals surface area (Å²) >= 11 is 0. The van der Waals surface area contributed by atoms with E-state index in [-0.39, 0.29) is 24.8 Å². The van der Waals surface area contributed by atoms with Gasteiger partial charge in [-0.05, 0) is 26.2 Å². The van der Waals surface area contributed by atoms with Crippen molar-refractivity contribution >= 4 is 11.8 Å². The molecule has 1 unspecified atom stereocenters. The fraction of sp³-hybridized carbons (Fsp3) is 0.846. The Morgan fingerprint density at radius 1 is 1.30 bits per heavy atom. The van der Waals surface area contributed by atoms with Crippen LogP contribution in [0.5, 0.6) is 0 Å². The summed E-state index contributed by atoms with van der Waals surface area (Å²) in [6.07, 6.45) is -2.44. The lowest BCUT2D eigenvalue weighted by molar-refractivity contribution is -0.156. The van der Waals surface area contributed by atoms with E-state index in [9.17, 15) is 22.8 Å². The number of alkyl halides is 3. The van der Waals surface area contributed by atoms with Gasteiger partial charge in [-0.15, -0.1) is 0 Å². The Kier molecular flexibility index (Phi) is 3.97. The van der Waals surface area contributed by atoms with Crippen molar-refractivity contribution in [3.63, 3.8) is 0 Å². The zero-order valence-electron chi connectivity index (χ0n) is 11.4. The largest absolute Gasteiger partial charge is 0.389 e. The minimum Gasteiger partial charge on any atom is -0.340 e. The summed E-state index contributed by atoms with van der Waals surface area (Å²) in [5.74, 6) is -0.484. The van der Waals surface area contributed by atoms with E-state index in [1.54, 1.807) is 6.92 Å².